The molecule has 1 aromatic carbocycles. The first-order valence-electron chi connectivity index (χ1n) is 6.12. The predicted molar refractivity (Wildman–Crippen MR) is 81.6 cm³/mol. The zero-order valence-electron chi connectivity index (χ0n) is 10.6. The van der Waals surface area contributed by atoms with Crippen molar-refractivity contribution in [3.63, 3.8) is 0 Å². The maximum absolute atomic E-state index is 13.6. The SMILES string of the molecule is CCc1ccc(CC(NN)c2ccc(Br)c(F)c2)s1. The summed E-state index contributed by atoms with van der Waals surface area (Å²) >= 11 is 4.94. The van der Waals surface area contributed by atoms with Crippen LogP contribution in [0.1, 0.15) is 28.3 Å². The van der Waals surface area contributed by atoms with E-state index in [1.54, 1.807) is 17.4 Å². The molecule has 0 spiro atoms. The number of aryl methyl sites for hydroxylation is 1. The van der Waals surface area contributed by atoms with Crippen LogP contribution < -0.4 is 11.3 Å². The molecule has 0 amide bonds. The highest BCUT2D eigenvalue weighted by atomic mass is 79.9. The van der Waals surface area contributed by atoms with Crippen molar-refractivity contribution in [1.29, 1.82) is 0 Å². The number of hydrogen-bond donors (Lipinski definition) is 2. The topological polar surface area (TPSA) is 38.0 Å². The molecule has 102 valence electrons. The minimum absolute atomic E-state index is 0.0778. The summed E-state index contributed by atoms with van der Waals surface area (Å²) in [5.74, 6) is 5.33. The second-order valence-electron chi connectivity index (χ2n) is 4.32. The Kier molecular flexibility index (Phi) is 5.10. The van der Waals surface area contributed by atoms with Crippen molar-refractivity contribution in [2.45, 2.75) is 25.8 Å². The van der Waals surface area contributed by atoms with Crippen LogP contribution in [0.3, 0.4) is 0 Å². The van der Waals surface area contributed by atoms with E-state index < -0.39 is 0 Å². The molecule has 0 aliphatic heterocycles. The normalized spacial score (nSPS) is 12.6. The maximum atomic E-state index is 13.6. The fourth-order valence-electron chi connectivity index (χ4n) is 1.93. The number of thiophene rings is 1. The summed E-state index contributed by atoms with van der Waals surface area (Å²) in [4.78, 5) is 2.61. The first kappa shape index (κ1) is 14.7. The number of nitrogens with two attached hydrogens (primary N) is 1. The molecule has 0 bridgehead atoms. The third kappa shape index (κ3) is 3.63. The number of halogens is 2. The molecule has 0 fully saturated rings. The molecule has 0 aliphatic carbocycles. The number of hydrogen-bond acceptors (Lipinski definition) is 3. The van der Waals surface area contributed by atoms with Crippen molar-refractivity contribution in [2.75, 3.05) is 0 Å². The molecule has 0 radical (unpaired) electrons. The molecule has 5 heteroatoms. The van der Waals surface area contributed by atoms with Gasteiger partial charge in [0.25, 0.3) is 0 Å². The molecule has 1 heterocycles. The van der Waals surface area contributed by atoms with Gasteiger partial charge in [-0.15, -0.1) is 11.3 Å². The molecule has 19 heavy (non-hydrogen) atoms. The van der Waals surface area contributed by atoms with E-state index >= 15 is 0 Å². The molecule has 1 unspecified atom stereocenters. The van der Waals surface area contributed by atoms with E-state index in [4.69, 9.17) is 5.84 Å². The third-order valence-electron chi connectivity index (χ3n) is 3.02. The summed E-state index contributed by atoms with van der Waals surface area (Å²) in [7, 11) is 0. The van der Waals surface area contributed by atoms with Gasteiger partial charge in [0.15, 0.2) is 0 Å². The van der Waals surface area contributed by atoms with Crippen molar-refractivity contribution >= 4 is 27.3 Å². The Morgan fingerprint density at radius 2 is 2.05 bits per heavy atom. The molecular weight excluding hydrogens is 327 g/mol. The van der Waals surface area contributed by atoms with Gasteiger partial charge in [0.05, 0.1) is 10.5 Å². The monoisotopic (exact) mass is 342 g/mol. The molecule has 0 saturated heterocycles. The minimum atomic E-state index is -0.266. The van der Waals surface area contributed by atoms with Crippen LogP contribution >= 0.6 is 27.3 Å². The lowest BCUT2D eigenvalue weighted by atomic mass is 10.0. The van der Waals surface area contributed by atoms with Gasteiger partial charge in [-0.1, -0.05) is 13.0 Å². The Bertz CT molecular complexity index is 556. The van der Waals surface area contributed by atoms with Gasteiger partial charge in [0.1, 0.15) is 5.82 Å². The van der Waals surface area contributed by atoms with Gasteiger partial charge in [-0.3, -0.25) is 11.3 Å². The highest BCUT2D eigenvalue weighted by molar-refractivity contribution is 9.10. The second-order valence-corrected chi connectivity index (χ2v) is 6.43. The van der Waals surface area contributed by atoms with Gasteiger partial charge in [-0.2, -0.15) is 0 Å². The van der Waals surface area contributed by atoms with Gasteiger partial charge in [0, 0.05) is 16.2 Å². The van der Waals surface area contributed by atoms with Crippen molar-refractivity contribution < 1.29 is 4.39 Å². The number of hydrazine groups is 1. The summed E-state index contributed by atoms with van der Waals surface area (Å²) in [6.45, 7) is 2.14. The maximum Gasteiger partial charge on any atom is 0.137 e. The van der Waals surface area contributed by atoms with Crippen LogP contribution in [-0.2, 0) is 12.8 Å². The zero-order valence-corrected chi connectivity index (χ0v) is 13.0. The van der Waals surface area contributed by atoms with Crippen molar-refractivity contribution in [1.82, 2.24) is 5.43 Å². The van der Waals surface area contributed by atoms with Gasteiger partial charge in [0.2, 0.25) is 0 Å². The molecule has 1 atom stereocenters. The van der Waals surface area contributed by atoms with Crippen LogP contribution in [0, 0.1) is 5.82 Å². The Morgan fingerprint density at radius 3 is 2.63 bits per heavy atom. The zero-order chi connectivity index (χ0) is 13.8. The Labute approximate surface area is 124 Å². The fraction of sp³-hybridized carbons (Fsp3) is 0.286. The summed E-state index contributed by atoms with van der Waals surface area (Å²) < 4.78 is 14.0. The number of nitrogens with one attached hydrogen (secondary N) is 1. The third-order valence-corrected chi connectivity index (χ3v) is 4.91. The van der Waals surface area contributed by atoms with Crippen molar-refractivity contribution in [2.24, 2.45) is 5.84 Å². The van der Waals surface area contributed by atoms with E-state index in [9.17, 15) is 4.39 Å². The van der Waals surface area contributed by atoms with E-state index in [1.807, 2.05) is 6.07 Å². The van der Waals surface area contributed by atoms with E-state index in [0.29, 0.717) is 4.47 Å². The molecule has 0 saturated carbocycles. The summed E-state index contributed by atoms with van der Waals surface area (Å²) in [6.07, 6.45) is 1.81. The summed E-state index contributed by atoms with van der Waals surface area (Å²) in [5.41, 5.74) is 3.62. The summed E-state index contributed by atoms with van der Waals surface area (Å²) in [5, 5.41) is 0. The molecule has 0 aliphatic rings. The van der Waals surface area contributed by atoms with E-state index in [-0.39, 0.29) is 11.9 Å². The standard InChI is InChI=1S/C14H16BrFN2S/c1-2-10-4-5-11(19-10)8-14(18-17)9-3-6-12(15)13(16)7-9/h3-7,14,18H,2,8,17H2,1H3. The van der Waals surface area contributed by atoms with Gasteiger partial charge in [-0.05, 0) is 52.2 Å². The van der Waals surface area contributed by atoms with Gasteiger partial charge in [-0.25, -0.2) is 4.39 Å². The van der Waals surface area contributed by atoms with Crippen LogP contribution in [0.25, 0.3) is 0 Å². The van der Waals surface area contributed by atoms with Gasteiger partial charge < -0.3 is 0 Å². The molecule has 2 aromatic rings. The molecule has 1 aromatic heterocycles. The number of rotatable bonds is 5. The predicted octanol–water partition coefficient (Wildman–Crippen LogP) is 3.96. The molecular formula is C14H16BrFN2S. The van der Waals surface area contributed by atoms with Crippen molar-refractivity contribution in [3.05, 3.63) is 55.9 Å². The Balaban J connectivity index is 2.17. The lowest BCUT2D eigenvalue weighted by Crippen LogP contribution is -2.29. The average Bonchev–Trinajstić information content (AvgIpc) is 2.87. The van der Waals surface area contributed by atoms with Gasteiger partial charge >= 0.3 is 0 Å². The second kappa shape index (κ2) is 6.61. The summed E-state index contributed by atoms with van der Waals surface area (Å²) in [6, 6.07) is 9.28. The van der Waals surface area contributed by atoms with E-state index in [1.165, 1.54) is 15.8 Å². The molecule has 2 nitrogen and oxygen atoms in total. The van der Waals surface area contributed by atoms with E-state index in [0.717, 1.165) is 18.4 Å². The van der Waals surface area contributed by atoms with Crippen LogP contribution in [0.5, 0.6) is 0 Å². The van der Waals surface area contributed by atoms with Crippen LogP contribution in [0.4, 0.5) is 4.39 Å². The van der Waals surface area contributed by atoms with Crippen LogP contribution in [-0.4, -0.2) is 0 Å². The lowest BCUT2D eigenvalue weighted by molar-refractivity contribution is 0.546. The highest BCUT2D eigenvalue weighted by Crippen LogP contribution is 2.26. The minimum Gasteiger partial charge on any atom is -0.271 e. The van der Waals surface area contributed by atoms with Crippen molar-refractivity contribution in [3.8, 4) is 0 Å². The highest BCUT2D eigenvalue weighted by Gasteiger charge is 2.13. The Hall–Kier alpha value is -0.750. The Morgan fingerprint density at radius 1 is 1.32 bits per heavy atom. The fourth-order valence-corrected chi connectivity index (χ4v) is 3.18. The van der Waals surface area contributed by atoms with E-state index in [2.05, 4.69) is 40.4 Å². The molecule has 2 rings (SSSR count). The number of benzene rings is 1. The first-order valence-corrected chi connectivity index (χ1v) is 7.73. The quantitative estimate of drug-likeness (QED) is 0.637. The van der Waals surface area contributed by atoms with Crippen LogP contribution in [0.15, 0.2) is 34.8 Å². The first-order chi connectivity index (χ1) is 9.13. The average molecular weight is 343 g/mol. The lowest BCUT2D eigenvalue weighted by Gasteiger charge is -2.15. The molecule has 3 N–H and O–H groups in total. The largest absolute Gasteiger partial charge is 0.271 e. The smallest absolute Gasteiger partial charge is 0.137 e. The van der Waals surface area contributed by atoms with Crippen LogP contribution in [0.2, 0.25) is 0 Å².